The molecule has 2 aliphatic heterocycles. The summed E-state index contributed by atoms with van der Waals surface area (Å²) in [5.74, 6) is 1.50. The van der Waals surface area contributed by atoms with Gasteiger partial charge in [0.1, 0.15) is 5.75 Å². The van der Waals surface area contributed by atoms with E-state index in [1.807, 2.05) is 12.1 Å². The Morgan fingerprint density at radius 2 is 1.65 bits per heavy atom. The third-order valence-electron chi connectivity index (χ3n) is 9.37. The predicted molar refractivity (Wildman–Crippen MR) is 147 cm³/mol. The number of methoxy groups -OCH3 is 1. The molecule has 37 heavy (non-hydrogen) atoms. The second kappa shape index (κ2) is 11.0. The first-order chi connectivity index (χ1) is 18.0. The first-order valence-electron chi connectivity index (χ1n) is 14.0. The SMILES string of the molecule is COc1ccc(CN2CC3(CCC(c4ccccc4)(N(C)C)CC3)N(CCC3CCOCC3)C2=O)cc1. The molecule has 0 N–H and O–H groups in total. The minimum absolute atomic E-state index is 0.0192. The van der Waals surface area contributed by atoms with E-state index in [0.29, 0.717) is 12.5 Å². The van der Waals surface area contributed by atoms with Crippen LogP contribution in [0, 0.1) is 5.92 Å². The molecule has 3 fully saturated rings. The smallest absolute Gasteiger partial charge is 0.320 e. The normalized spacial score (nSPS) is 26.9. The summed E-state index contributed by atoms with van der Waals surface area (Å²) in [5, 5.41) is 0. The van der Waals surface area contributed by atoms with Crippen LogP contribution < -0.4 is 4.74 Å². The molecule has 1 aliphatic carbocycles. The zero-order valence-electron chi connectivity index (χ0n) is 22.8. The van der Waals surface area contributed by atoms with E-state index in [9.17, 15) is 4.79 Å². The van der Waals surface area contributed by atoms with Crippen molar-refractivity contribution in [1.82, 2.24) is 14.7 Å². The standard InChI is InChI=1S/C31H43N3O3/c1-32(2)31(27-7-5-4-6-8-27)18-16-30(17-19-31)24-33(23-26-9-11-28(36-3)12-10-26)29(35)34(30)20-13-25-14-21-37-22-15-25/h4-12,25H,13-24H2,1-3H3. The summed E-state index contributed by atoms with van der Waals surface area (Å²) in [7, 11) is 6.11. The minimum atomic E-state index is -0.0942. The van der Waals surface area contributed by atoms with Gasteiger partial charge in [0.05, 0.1) is 12.6 Å². The van der Waals surface area contributed by atoms with E-state index in [1.54, 1.807) is 7.11 Å². The molecule has 1 spiro atoms. The maximum absolute atomic E-state index is 13.9. The number of ether oxygens (including phenoxy) is 2. The van der Waals surface area contributed by atoms with Gasteiger partial charge in [-0.25, -0.2) is 4.79 Å². The van der Waals surface area contributed by atoms with Crippen molar-refractivity contribution < 1.29 is 14.3 Å². The highest BCUT2D eigenvalue weighted by Gasteiger charge is 2.54. The Morgan fingerprint density at radius 1 is 0.973 bits per heavy atom. The van der Waals surface area contributed by atoms with Crippen LogP contribution in [0.3, 0.4) is 0 Å². The lowest BCUT2D eigenvalue weighted by Crippen LogP contribution is -2.55. The maximum atomic E-state index is 13.9. The summed E-state index contributed by atoms with van der Waals surface area (Å²) < 4.78 is 10.9. The van der Waals surface area contributed by atoms with Crippen LogP contribution in [0.4, 0.5) is 4.79 Å². The fraction of sp³-hybridized carbons (Fsp3) is 0.581. The van der Waals surface area contributed by atoms with Crippen molar-refractivity contribution in [2.24, 2.45) is 5.92 Å². The molecule has 2 saturated heterocycles. The van der Waals surface area contributed by atoms with Crippen LogP contribution in [0.1, 0.15) is 56.1 Å². The number of benzene rings is 2. The Labute approximate surface area is 222 Å². The van der Waals surface area contributed by atoms with Crippen molar-refractivity contribution in [2.75, 3.05) is 47.5 Å². The molecular formula is C31H43N3O3. The molecule has 2 amide bonds. The fourth-order valence-corrected chi connectivity index (χ4v) is 6.94. The van der Waals surface area contributed by atoms with Gasteiger partial charge in [0.25, 0.3) is 0 Å². The highest BCUT2D eigenvalue weighted by Crippen LogP contribution is 2.49. The van der Waals surface area contributed by atoms with E-state index in [1.165, 1.54) is 5.56 Å². The number of carbonyl (C=O) groups excluding carboxylic acids is 1. The van der Waals surface area contributed by atoms with Crippen LogP contribution in [0.2, 0.25) is 0 Å². The molecular weight excluding hydrogens is 462 g/mol. The molecule has 200 valence electrons. The van der Waals surface area contributed by atoms with Crippen molar-refractivity contribution in [3.05, 3.63) is 65.7 Å². The van der Waals surface area contributed by atoms with E-state index in [4.69, 9.17) is 9.47 Å². The zero-order chi connectivity index (χ0) is 25.9. The van der Waals surface area contributed by atoms with Gasteiger partial charge < -0.3 is 19.3 Å². The summed E-state index contributed by atoms with van der Waals surface area (Å²) in [5.41, 5.74) is 2.47. The summed E-state index contributed by atoms with van der Waals surface area (Å²) in [6.45, 7) is 4.02. The Balaban J connectivity index is 1.37. The monoisotopic (exact) mass is 505 g/mol. The Kier molecular flexibility index (Phi) is 7.77. The van der Waals surface area contributed by atoms with Crippen LogP contribution in [-0.4, -0.2) is 73.8 Å². The highest BCUT2D eigenvalue weighted by molar-refractivity contribution is 5.78. The zero-order valence-corrected chi connectivity index (χ0v) is 22.8. The van der Waals surface area contributed by atoms with Crippen molar-refractivity contribution >= 4 is 6.03 Å². The molecule has 1 saturated carbocycles. The lowest BCUT2D eigenvalue weighted by molar-refractivity contribution is 0.0187. The Bertz CT molecular complexity index is 1030. The molecule has 0 atom stereocenters. The van der Waals surface area contributed by atoms with Crippen LogP contribution >= 0.6 is 0 Å². The third kappa shape index (κ3) is 5.23. The van der Waals surface area contributed by atoms with Crippen molar-refractivity contribution in [1.29, 1.82) is 0 Å². The van der Waals surface area contributed by atoms with Gasteiger partial charge in [0.15, 0.2) is 0 Å². The van der Waals surface area contributed by atoms with Crippen molar-refractivity contribution in [2.45, 2.75) is 62.6 Å². The number of hydrogen-bond acceptors (Lipinski definition) is 4. The quantitative estimate of drug-likeness (QED) is 0.474. The van der Waals surface area contributed by atoms with Crippen LogP contribution in [0.5, 0.6) is 5.75 Å². The fourth-order valence-electron chi connectivity index (χ4n) is 6.94. The summed E-state index contributed by atoms with van der Waals surface area (Å²) in [6.07, 6.45) is 7.47. The number of urea groups is 1. The summed E-state index contributed by atoms with van der Waals surface area (Å²) in [6, 6.07) is 19.3. The number of nitrogens with zero attached hydrogens (tertiary/aromatic N) is 3. The van der Waals surface area contributed by atoms with Crippen LogP contribution in [0.15, 0.2) is 54.6 Å². The predicted octanol–water partition coefficient (Wildman–Crippen LogP) is 5.52. The van der Waals surface area contributed by atoms with Gasteiger partial charge in [-0.2, -0.15) is 0 Å². The van der Waals surface area contributed by atoms with E-state index >= 15 is 0 Å². The van der Waals surface area contributed by atoms with Crippen molar-refractivity contribution in [3.63, 3.8) is 0 Å². The number of carbonyl (C=O) groups is 1. The lowest BCUT2D eigenvalue weighted by Gasteiger charge is -2.51. The van der Waals surface area contributed by atoms with E-state index in [0.717, 1.165) is 82.6 Å². The first kappa shape index (κ1) is 26.1. The molecule has 5 rings (SSSR count). The molecule has 2 aromatic carbocycles. The summed E-state index contributed by atoms with van der Waals surface area (Å²) in [4.78, 5) is 20.7. The van der Waals surface area contributed by atoms with Gasteiger partial charge in [-0.3, -0.25) is 4.90 Å². The molecule has 3 aliphatic rings. The second-order valence-corrected chi connectivity index (χ2v) is 11.5. The average Bonchev–Trinajstić information content (AvgIpc) is 3.19. The summed E-state index contributed by atoms with van der Waals surface area (Å²) >= 11 is 0. The first-order valence-corrected chi connectivity index (χ1v) is 14.0. The van der Waals surface area contributed by atoms with Gasteiger partial charge in [0, 0.05) is 38.4 Å². The number of amides is 2. The van der Waals surface area contributed by atoms with Gasteiger partial charge in [-0.1, -0.05) is 42.5 Å². The maximum Gasteiger partial charge on any atom is 0.320 e. The molecule has 0 unspecified atom stereocenters. The van der Waals surface area contributed by atoms with Gasteiger partial charge in [-0.15, -0.1) is 0 Å². The topological polar surface area (TPSA) is 45.2 Å². The number of hydrogen-bond donors (Lipinski definition) is 0. The van der Waals surface area contributed by atoms with Gasteiger partial charge in [-0.05, 0) is 88.2 Å². The molecule has 2 aromatic rings. The average molecular weight is 506 g/mol. The highest BCUT2D eigenvalue weighted by atomic mass is 16.5. The van der Waals surface area contributed by atoms with E-state index < -0.39 is 0 Å². The molecule has 6 nitrogen and oxygen atoms in total. The van der Waals surface area contributed by atoms with Crippen molar-refractivity contribution in [3.8, 4) is 5.75 Å². The molecule has 2 heterocycles. The van der Waals surface area contributed by atoms with Gasteiger partial charge in [0.2, 0.25) is 0 Å². The van der Waals surface area contributed by atoms with E-state index in [-0.39, 0.29) is 17.1 Å². The van der Waals surface area contributed by atoms with Gasteiger partial charge >= 0.3 is 6.03 Å². The second-order valence-electron chi connectivity index (χ2n) is 11.5. The lowest BCUT2D eigenvalue weighted by atomic mass is 9.68. The van der Waals surface area contributed by atoms with E-state index in [2.05, 4.69) is 71.3 Å². The Morgan fingerprint density at radius 3 is 2.27 bits per heavy atom. The van der Waals surface area contributed by atoms with Crippen LogP contribution in [0.25, 0.3) is 0 Å². The Hall–Kier alpha value is -2.57. The molecule has 0 bridgehead atoms. The molecule has 0 aromatic heterocycles. The molecule has 6 heteroatoms. The largest absolute Gasteiger partial charge is 0.497 e. The minimum Gasteiger partial charge on any atom is -0.497 e. The number of rotatable bonds is 8. The van der Waals surface area contributed by atoms with Crippen LogP contribution in [-0.2, 0) is 16.8 Å². The molecule has 0 radical (unpaired) electrons. The third-order valence-corrected chi connectivity index (χ3v) is 9.37.